The van der Waals surface area contributed by atoms with Gasteiger partial charge in [-0.15, -0.1) is 0 Å². The lowest BCUT2D eigenvalue weighted by Crippen LogP contribution is -2.44. The quantitative estimate of drug-likeness (QED) is 0.764. The SMILES string of the molecule is Cc1[nH]nc(C(=O)N2CCSCC2C)c1N. The number of nitrogens with one attached hydrogen (secondary N) is 1. The molecule has 0 aliphatic carbocycles. The highest BCUT2D eigenvalue weighted by Crippen LogP contribution is 2.21. The van der Waals surface area contributed by atoms with Gasteiger partial charge in [0.25, 0.3) is 5.91 Å². The Morgan fingerprint density at radius 2 is 2.44 bits per heavy atom. The zero-order chi connectivity index (χ0) is 11.7. The molecule has 6 heteroatoms. The fourth-order valence-corrected chi connectivity index (χ4v) is 2.78. The Morgan fingerprint density at radius 1 is 1.69 bits per heavy atom. The average molecular weight is 240 g/mol. The smallest absolute Gasteiger partial charge is 0.276 e. The third-order valence-corrected chi connectivity index (χ3v) is 4.01. The molecule has 0 bridgehead atoms. The Kier molecular flexibility index (Phi) is 3.09. The van der Waals surface area contributed by atoms with Crippen LogP contribution in [0.2, 0.25) is 0 Å². The molecule has 88 valence electrons. The molecule has 3 N–H and O–H groups in total. The molecule has 1 aromatic rings. The molecule has 1 aliphatic heterocycles. The molecular weight excluding hydrogens is 224 g/mol. The number of hydrogen-bond donors (Lipinski definition) is 2. The summed E-state index contributed by atoms with van der Waals surface area (Å²) in [4.78, 5) is 14.0. The predicted molar refractivity (Wildman–Crippen MR) is 65.6 cm³/mol. The van der Waals surface area contributed by atoms with Crippen LogP contribution in [0.25, 0.3) is 0 Å². The summed E-state index contributed by atoms with van der Waals surface area (Å²) in [6, 6.07) is 0.252. The Morgan fingerprint density at radius 3 is 3.00 bits per heavy atom. The number of nitrogens with zero attached hydrogens (tertiary/aromatic N) is 2. The van der Waals surface area contributed by atoms with Crippen molar-refractivity contribution in [2.75, 3.05) is 23.8 Å². The molecular formula is C10H16N4OS. The van der Waals surface area contributed by atoms with Crippen molar-refractivity contribution in [1.82, 2.24) is 15.1 Å². The van der Waals surface area contributed by atoms with Gasteiger partial charge in [0.15, 0.2) is 5.69 Å². The van der Waals surface area contributed by atoms with Crippen molar-refractivity contribution < 1.29 is 4.79 Å². The maximum Gasteiger partial charge on any atom is 0.276 e. The molecule has 5 nitrogen and oxygen atoms in total. The summed E-state index contributed by atoms with van der Waals surface area (Å²) in [6.45, 7) is 4.64. The Labute approximate surface area is 98.8 Å². The van der Waals surface area contributed by atoms with Crippen molar-refractivity contribution in [3.63, 3.8) is 0 Å². The lowest BCUT2D eigenvalue weighted by molar-refractivity contribution is 0.0711. The number of aromatic nitrogens is 2. The maximum atomic E-state index is 12.2. The van der Waals surface area contributed by atoms with Gasteiger partial charge in [0.2, 0.25) is 0 Å². The number of nitrogens with two attached hydrogens (primary N) is 1. The first-order valence-electron chi connectivity index (χ1n) is 5.30. The average Bonchev–Trinajstić information content (AvgIpc) is 2.60. The lowest BCUT2D eigenvalue weighted by Gasteiger charge is -2.32. The molecule has 1 aromatic heterocycles. The predicted octanol–water partition coefficient (Wildman–Crippen LogP) is 0.878. The molecule has 0 spiro atoms. The number of carbonyl (C=O) groups is 1. The van der Waals surface area contributed by atoms with Gasteiger partial charge in [-0.1, -0.05) is 0 Å². The van der Waals surface area contributed by atoms with Crippen molar-refractivity contribution in [2.24, 2.45) is 0 Å². The molecule has 1 unspecified atom stereocenters. The first kappa shape index (κ1) is 11.3. The summed E-state index contributed by atoms with van der Waals surface area (Å²) < 4.78 is 0. The van der Waals surface area contributed by atoms with Crippen LogP contribution in [-0.4, -0.2) is 45.1 Å². The molecule has 1 aliphatic rings. The zero-order valence-electron chi connectivity index (χ0n) is 9.49. The van der Waals surface area contributed by atoms with Crippen molar-refractivity contribution in [3.05, 3.63) is 11.4 Å². The van der Waals surface area contributed by atoms with Gasteiger partial charge in [0, 0.05) is 24.1 Å². The third kappa shape index (κ3) is 1.89. The summed E-state index contributed by atoms with van der Waals surface area (Å²) in [5.41, 5.74) is 7.39. The van der Waals surface area contributed by atoms with E-state index < -0.39 is 0 Å². The number of nitrogen functional groups attached to an aromatic ring is 1. The Balaban J connectivity index is 2.21. The second-order valence-electron chi connectivity index (χ2n) is 4.03. The van der Waals surface area contributed by atoms with E-state index in [0.29, 0.717) is 11.4 Å². The van der Waals surface area contributed by atoms with Crippen molar-refractivity contribution in [3.8, 4) is 0 Å². The standard InChI is InChI=1S/C10H16N4OS/c1-6-5-16-4-3-14(6)10(15)9-8(11)7(2)12-13-9/h6H,3-5,11H2,1-2H3,(H,12,13). The zero-order valence-corrected chi connectivity index (χ0v) is 10.3. The molecule has 1 atom stereocenters. The largest absolute Gasteiger partial charge is 0.395 e. The topological polar surface area (TPSA) is 75.0 Å². The van der Waals surface area contributed by atoms with Gasteiger partial charge in [-0.05, 0) is 13.8 Å². The minimum Gasteiger partial charge on any atom is -0.395 e. The van der Waals surface area contributed by atoms with Gasteiger partial charge >= 0.3 is 0 Å². The monoisotopic (exact) mass is 240 g/mol. The molecule has 2 heterocycles. The molecule has 1 fully saturated rings. The fourth-order valence-electron chi connectivity index (χ4n) is 1.77. The number of amides is 1. The first-order chi connectivity index (χ1) is 7.61. The van der Waals surface area contributed by atoms with Crippen LogP contribution in [0.3, 0.4) is 0 Å². The van der Waals surface area contributed by atoms with Gasteiger partial charge in [-0.25, -0.2) is 0 Å². The van der Waals surface area contributed by atoms with Crippen LogP contribution in [0.4, 0.5) is 5.69 Å². The van der Waals surface area contributed by atoms with E-state index in [1.165, 1.54) is 0 Å². The molecule has 2 rings (SSSR count). The number of H-pyrrole nitrogens is 1. The van der Waals surface area contributed by atoms with Gasteiger partial charge in [0.1, 0.15) is 0 Å². The summed E-state index contributed by atoms with van der Waals surface area (Å²) in [7, 11) is 0. The van der Waals surface area contributed by atoms with Gasteiger partial charge in [-0.3, -0.25) is 9.89 Å². The van der Waals surface area contributed by atoms with Crippen LogP contribution in [0.15, 0.2) is 0 Å². The fraction of sp³-hybridized carbons (Fsp3) is 0.600. The second kappa shape index (κ2) is 4.37. The van der Waals surface area contributed by atoms with Gasteiger partial charge < -0.3 is 10.6 Å². The van der Waals surface area contributed by atoms with E-state index in [-0.39, 0.29) is 11.9 Å². The number of anilines is 1. The molecule has 1 saturated heterocycles. The maximum absolute atomic E-state index is 12.2. The highest BCUT2D eigenvalue weighted by molar-refractivity contribution is 7.99. The van der Waals surface area contributed by atoms with Crippen molar-refractivity contribution in [2.45, 2.75) is 19.9 Å². The van der Waals surface area contributed by atoms with E-state index in [4.69, 9.17) is 5.73 Å². The van der Waals surface area contributed by atoms with Crippen LogP contribution in [0.1, 0.15) is 23.1 Å². The first-order valence-corrected chi connectivity index (χ1v) is 6.46. The molecule has 16 heavy (non-hydrogen) atoms. The number of thioether (sulfide) groups is 1. The molecule has 0 aromatic carbocycles. The summed E-state index contributed by atoms with van der Waals surface area (Å²) in [5.74, 6) is 1.91. The van der Waals surface area contributed by atoms with Crippen LogP contribution >= 0.6 is 11.8 Å². The van der Waals surface area contributed by atoms with E-state index in [0.717, 1.165) is 23.7 Å². The van der Waals surface area contributed by atoms with E-state index in [1.54, 1.807) is 0 Å². The van der Waals surface area contributed by atoms with Crippen molar-refractivity contribution >= 4 is 23.4 Å². The normalized spacial score (nSPS) is 21.1. The van der Waals surface area contributed by atoms with Crippen LogP contribution < -0.4 is 5.73 Å². The van der Waals surface area contributed by atoms with Crippen molar-refractivity contribution in [1.29, 1.82) is 0 Å². The van der Waals surface area contributed by atoms with E-state index >= 15 is 0 Å². The minimum atomic E-state index is -0.0605. The Bertz CT molecular complexity index is 404. The van der Waals surface area contributed by atoms with Crippen LogP contribution in [-0.2, 0) is 0 Å². The van der Waals surface area contributed by atoms with E-state index in [1.807, 2.05) is 23.6 Å². The third-order valence-electron chi connectivity index (χ3n) is 2.83. The minimum absolute atomic E-state index is 0.0605. The summed E-state index contributed by atoms with van der Waals surface area (Å²) in [6.07, 6.45) is 0. The van der Waals surface area contributed by atoms with Gasteiger partial charge in [0.05, 0.1) is 11.4 Å². The van der Waals surface area contributed by atoms with Crippen LogP contribution in [0.5, 0.6) is 0 Å². The van der Waals surface area contributed by atoms with Crippen LogP contribution in [0, 0.1) is 6.92 Å². The van der Waals surface area contributed by atoms with E-state index in [2.05, 4.69) is 17.1 Å². The lowest BCUT2D eigenvalue weighted by atomic mass is 10.2. The molecule has 1 amide bonds. The number of rotatable bonds is 1. The number of aromatic amines is 1. The number of aryl methyl sites for hydroxylation is 1. The molecule has 0 saturated carbocycles. The number of carbonyl (C=O) groups excluding carboxylic acids is 1. The second-order valence-corrected chi connectivity index (χ2v) is 5.18. The van der Waals surface area contributed by atoms with E-state index in [9.17, 15) is 4.79 Å². The highest BCUT2D eigenvalue weighted by Gasteiger charge is 2.27. The summed E-state index contributed by atoms with van der Waals surface area (Å²) >= 11 is 1.88. The number of hydrogen-bond acceptors (Lipinski definition) is 4. The molecule has 0 radical (unpaired) electrons. The highest BCUT2D eigenvalue weighted by atomic mass is 32.2. The van der Waals surface area contributed by atoms with Gasteiger partial charge in [-0.2, -0.15) is 16.9 Å². The Hall–Kier alpha value is -1.17. The summed E-state index contributed by atoms with van der Waals surface area (Å²) in [5, 5.41) is 6.72.